The Morgan fingerprint density at radius 3 is 2.86 bits per heavy atom. The third-order valence-corrected chi connectivity index (χ3v) is 2.06. The summed E-state index contributed by atoms with van der Waals surface area (Å²) in [6.45, 7) is 5.48. The summed E-state index contributed by atoms with van der Waals surface area (Å²) in [5.74, 6) is 0.818. The molecule has 0 unspecified atom stereocenters. The van der Waals surface area contributed by atoms with Crippen molar-refractivity contribution in [3.05, 3.63) is 42.0 Å². The first-order valence-corrected chi connectivity index (χ1v) is 4.47. The number of allylic oxidation sites excluding steroid dienone is 1. The number of carbonyl (C=O) groups excluding carboxylic acids is 1. The molecular weight excluding hydrogens is 176 g/mol. The second-order valence-corrected chi connectivity index (χ2v) is 3.10. The van der Waals surface area contributed by atoms with Crippen LogP contribution in [0.5, 0.6) is 5.75 Å². The van der Waals surface area contributed by atoms with Gasteiger partial charge in [-0.15, -0.1) is 6.58 Å². The Balaban J connectivity index is 2.99. The van der Waals surface area contributed by atoms with Crippen molar-refractivity contribution < 1.29 is 9.53 Å². The minimum atomic E-state index is 0.0679. The number of carbonyl (C=O) groups is 1. The lowest BCUT2D eigenvalue weighted by atomic mass is 10.1. The molecule has 0 aliphatic rings. The minimum Gasteiger partial charge on any atom is -0.496 e. The average molecular weight is 190 g/mol. The molecular formula is C12H14O2. The molecule has 14 heavy (non-hydrogen) atoms. The lowest BCUT2D eigenvalue weighted by Gasteiger charge is -2.05. The second-order valence-electron chi connectivity index (χ2n) is 3.10. The van der Waals surface area contributed by atoms with Crippen molar-refractivity contribution in [3.8, 4) is 5.75 Å². The SMILES string of the molecule is C=CCC(=O)c1ccc(C)c(OC)c1. The highest BCUT2D eigenvalue weighted by Crippen LogP contribution is 2.19. The molecule has 2 heteroatoms. The Morgan fingerprint density at radius 1 is 1.57 bits per heavy atom. The van der Waals surface area contributed by atoms with Crippen LogP contribution in [-0.2, 0) is 0 Å². The predicted octanol–water partition coefficient (Wildman–Crippen LogP) is 2.76. The van der Waals surface area contributed by atoms with Crippen molar-refractivity contribution in [2.75, 3.05) is 7.11 Å². The molecule has 0 bridgehead atoms. The second kappa shape index (κ2) is 4.61. The molecule has 0 fully saturated rings. The van der Waals surface area contributed by atoms with Gasteiger partial charge in [0, 0.05) is 12.0 Å². The van der Waals surface area contributed by atoms with Gasteiger partial charge in [-0.05, 0) is 18.6 Å². The number of methoxy groups -OCH3 is 1. The maximum atomic E-state index is 11.5. The van der Waals surface area contributed by atoms with Gasteiger partial charge in [-0.1, -0.05) is 18.2 Å². The molecule has 1 aromatic rings. The molecule has 0 spiro atoms. The van der Waals surface area contributed by atoms with Crippen LogP contribution in [0.1, 0.15) is 22.3 Å². The topological polar surface area (TPSA) is 26.3 Å². The van der Waals surface area contributed by atoms with Crippen LogP contribution >= 0.6 is 0 Å². The van der Waals surface area contributed by atoms with E-state index in [1.54, 1.807) is 19.3 Å². The van der Waals surface area contributed by atoms with Gasteiger partial charge in [-0.2, -0.15) is 0 Å². The zero-order valence-electron chi connectivity index (χ0n) is 8.54. The molecule has 0 aliphatic heterocycles. The van der Waals surface area contributed by atoms with E-state index >= 15 is 0 Å². The summed E-state index contributed by atoms with van der Waals surface area (Å²) < 4.78 is 5.14. The Labute approximate surface area is 84.2 Å². The van der Waals surface area contributed by atoms with Gasteiger partial charge in [0.05, 0.1) is 7.11 Å². The Kier molecular flexibility index (Phi) is 3.46. The first kappa shape index (κ1) is 10.5. The number of benzene rings is 1. The van der Waals surface area contributed by atoms with E-state index in [0.717, 1.165) is 11.3 Å². The van der Waals surface area contributed by atoms with Crippen molar-refractivity contribution in [3.63, 3.8) is 0 Å². The fourth-order valence-corrected chi connectivity index (χ4v) is 1.24. The molecule has 1 aromatic carbocycles. The summed E-state index contributed by atoms with van der Waals surface area (Å²) in [5, 5.41) is 0. The summed E-state index contributed by atoms with van der Waals surface area (Å²) in [7, 11) is 1.60. The first-order chi connectivity index (χ1) is 6.69. The van der Waals surface area contributed by atoms with Crippen LogP contribution in [0.4, 0.5) is 0 Å². The van der Waals surface area contributed by atoms with E-state index in [-0.39, 0.29) is 5.78 Å². The number of hydrogen-bond donors (Lipinski definition) is 0. The predicted molar refractivity (Wildman–Crippen MR) is 56.9 cm³/mol. The number of aryl methyl sites for hydroxylation is 1. The van der Waals surface area contributed by atoms with Crippen LogP contribution in [0, 0.1) is 6.92 Å². The van der Waals surface area contributed by atoms with Gasteiger partial charge in [-0.25, -0.2) is 0 Å². The maximum Gasteiger partial charge on any atom is 0.166 e. The zero-order valence-corrected chi connectivity index (χ0v) is 8.54. The van der Waals surface area contributed by atoms with Gasteiger partial charge in [0.1, 0.15) is 5.75 Å². The van der Waals surface area contributed by atoms with E-state index in [0.29, 0.717) is 12.0 Å². The number of ketones is 1. The van der Waals surface area contributed by atoms with E-state index in [2.05, 4.69) is 6.58 Å². The van der Waals surface area contributed by atoms with Gasteiger partial charge in [-0.3, -0.25) is 4.79 Å². The Bertz CT molecular complexity index is 353. The molecule has 0 saturated heterocycles. The molecule has 1 rings (SSSR count). The number of hydrogen-bond acceptors (Lipinski definition) is 2. The van der Waals surface area contributed by atoms with Gasteiger partial charge in [0.2, 0.25) is 0 Å². The minimum absolute atomic E-state index is 0.0679. The number of ether oxygens (including phenoxy) is 1. The summed E-state index contributed by atoms with van der Waals surface area (Å²) >= 11 is 0. The zero-order chi connectivity index (χ0) is 10.6. The lowest BCUT2D eigenvalue weighted by molar-refractivity contribution is 0.0995. The first-order valence-electron chi connectivity index (χ1n) is 4.47. The highest BCUT2D eigenvalue weighted by Gasteiger charge is 2.06. The van der Waals surface area contributed by atoms with Crippen LogP contribution < -0.4 is 4.74 Å². The molecule has 2 nitrogen and oxygen atoms in total. The Morgan fingerprint density at radius 2 is 2.29 bits per heavy atom. The fourth-order valence-electron chi connectivity index (χ4n) is 1.24. The summed E-state index contributed by atoms with van der Waals surface area (Å²) in [4.78, 5) is 11.5. The molecule has 0 heterocycles. The quantitative estimate of drug-likeness (QED) is 0.539. The van der Waals surface area contributed by atoms with Crippen molar-refractivity contribution in [2.45, 2.75) is 13.3 Å². The van der Waals surface area contributed by atoms with Crippen LogP contribution in [0.25, 0.3) is 0 Å². The van der Waals surface area contributed by atoms with E-state index in [1.165, 1.54) is 0 Å². The third kappa shape index (κ3) is 2.22. The molecule has 0 aromatic heterocycles. The number of Topliss-reactive ketones (excluding diaryl/α,β-unsaturated/α-hetero) is 1. The van der Waals surface area contributed by atoms with E-state index in [9.17, 15) is 4.79 Å². The van der Waals surface area contributed by atoms with Gasteiger partial charge >= 0.3 is 0 Å². The van der Waals surface area contributed by atoms with Crippen LogP contribution in [0.2, 0.25) is 0 Å². The van der Waals surface area contributed by atoms with Crippen molar-refractivity contribution in [1.29, 1.82) is 0 Å². The highest BCUT2D eigenvalue weighted by atomic mass is 16.5. The van der Waals surface area contributed by atoms with Crippen molar-refractivity contribution >= 4 is 5.78 Å². The summed E-state index contributed by atoms with van der Waals surface area (Å²) in [6.07, 6.45) is 1.97. The third-order valence-electron chi connectivity index (χ3n) is 2.06. The van der Waals surface area contributed by atoms with E-state index < -0.39 is 0 Å². The molecule has 74 valence electrons. The standard InChI is InChI=1S/C12H14O2/c1-4-5-11(13)10-7-6-9(2)12(8-10)14-3/h4,6-8H,1,5H2,2-3H3. The maximum absolute atomic E-state index is 11.5. The molecule has 0 N–H and O–H groups in total. The van der Waals surface area contributed by atoms with E-state index in [4.69, 9.17) is 4.74 Å². The fraction of sp³-hybridized carbons (Fsp3) is 0.250. The summed E-state index contributed by atoms with van der Waals surface area (Å²) in [5.41, 5.74) is 1.70. The molecule has 0 radical (unpaired) electrons. The van der Waals surface area contributed by atoms with Crippen molar-refractivity contribution in [2.24, 2.45) is 0 Å². The molecule has 0 amide bonds. The summed E-state index contributed by atoms with van der Waals surface area (Å²) in [6, 6.07) is 5.46. The lowest BCUT2D eigenvalue weighted by Crippen LogP contribution is -1.98. The van der Waals surface area contributed by atoms with Crippen LogP contribution in [0.15, 0.2) is 30.9 Å². The van der Waals surface area contributed by atoms with Gasteiger partial charge < -0.3 is 4.74 Å². The molecule has 0 atom stereocenters. The van der Waals surface area contributed by atoms with Crippen LogP contribution in [-0.4, -0.2) is 12.9 Å². The highest BCUT2D eigenvalue weighted by molar-refractivity contribution is 5.97. The normalized spacial score (nSPS) is 9.57. The average Bonchev–Trinajstić information content (AvgIpc) is 2.19. The molecule has 0 aliphatic carbocycles. The van der Waals surface area contributed by atoms with E-state index in [1.807, 2.05) is 19.1 Å². The number of rotatable bonds is 4. The smallest absolute Gasteiger partial charge is 0.166 e. The van der Waals surface area contributed by atoms with Crippen LogP contribution in [0.3, 0.4) is 0 Å². The largest absolute Gasteiger partial charge is 0.496 e. The van der Waals surface area contributed by atoms with Gasteiger partial charge in [0.25, 0.3) is 0 Å². The van der Waals surface area contributed by atoms with Crippen molar-refractivity contribution in [1.82, 2.24) is 0 Å². The molecule has 0 saturated carbocycles. The Hall–Kier alpha value is -1.57. The monoisotopic (exact) mass is 190 g/mol. The van der Waals surface area contributed by atoms with Gasteiger partial charge in [0.15, 0.2) is 5.78 Å².